The third kappa shape index (κ3) is 3.11. The number of aromatic nitrogens is 2. The highest BCUT2D eigenvalue weighted by Gasteiger charge is 2.30. The molecule has 2 aromatic carbocycles. The van der Waals surface area contributed by atoms with Crippen LogP contribution in [0.1, 0.15) is 28.4 Å². The van der Waals surface area contributed by atoms with Crippen molar-refractivity contribution in [2.45, 2.75) is 32.0 Å². The van der Waals surface area contributed by atoms with E-state index in [4.69, 9.17) is 4.74 Å². The molecule has 4 rings (SSSR count). The summed E-state index contributed by atoms with van der Waals surface area (Å²) >= 11 is 0. The topological polar surface area (TPSA) is 59.3 Å². The lowest BCUT2D eigenvalue weighted by Gasteiger charge is -2.18. The van der Waals surface area contributed by atoms with Gasteiger partial charge in [0.05, 0.1) is 23.4 Å². The molecule has 1 aliphatic rings. The van der Waals surface area contributed by atoms with Crippen molar-refractivity contribution in [2.24, 2.45) is 7.05 Å². The van der Waals surface area contributed by atoms with E-state index in [9.17, 15) is 5.11 Å². The van der Waals surface area contributed by atoms with Crippen molar-refractivity contribution in [1.29, 1.82) is 0 Å². The van der Waals surface area contributed by atoms with Crippen LogP contribution in [0.2, 0.25) is 0 Å². The van der Waals surface area contributed by atoms with Crippen LogP contribution in [-0.2, 0) is 20.0 Å². The van der Waals surface area contributed by atoms with Crippen molar-refractivity contribution in [3.05, 3.63) is 77.0 Å². The standard InChI is InChI=1S/C21H23N3O2/c1-14-18(21(24(2)23-14)26-16-9-4-3-5-10-16)13-22-20-17-11-7-6-8-15(17)12-19(20)25/h3-11,19-20,22,25H,12-13H2,1-2H3/t19-,20+/m0/s1. The van der Waals surface area contributed by atoms with E-state index in [0.717, 1.165) is 22.9 Å². The van der Waals surface area contributed by atoms with E-state index >= 15 is 0 Å². The molecular weight excluding hydrogens is 326 g/mol. The Labute approximate surface area is 153 Å². The molecule has 0 radical (unpaired) electrons. The van der Waals surface area contributed by atoms with Crippen LogP contribution in [-0.4, -0.2) is 21.0 Å². The number of aliphatic hydroxyl groups is 1. The summed E-state index contributed by atoms with van der Waals surface area (Å²) in [7, 11) is 1.88. The first-order chi connectivity index (χ1) is 12.6. The van der Waals surface area contributed by atoms with E-state index in [1.165, 1.54) is 11.1 Å². The van der Waals surface area contributed by atoms with Gasteiger partial charge in [0.2, 0.25) is 5.88 Å². The maximum atomic E-state index is 10.5. The van der Waals surface area contributed by atoms with Crippen molar-refractivity contribution >= 4 is 0 Å². The Morgan fingerprint density at radius 3 is 2.69 bits per heavy atom. The minimum atomic E-state index is -0.414. The summed E-state index contributed by atoms with van der Waals surface area (Å²) in [5.74, 6) is 1.50. The number of fused-ring (bicyclic) bond motifs is 1. The molecule has 5 nitrogen and oxygen atoms in total. The van der Waals surface area contributed by atoms with Crippen molar-refractivity contribution in [2.75, 3.05) is 0 Å². The van der Waals surface area contributed by atoms with Crippen LogP contribution in [0.4, 0.5) is 0 Å². The van der Waals surface area contributed by atoms with Crippen LogP contribution in [0, 0.1) is 6.92 Å². The molecule has 134 valence electrons. The Balaban J connectivity index is 1.56. The molecule has 5 heteroatoms. The van der Waals surface area contributed by atoms with Gasteiger partial charge >= 0.3 is 0 Å². The molecule has 0 saturated carbocycles. The lowest BCUT2D eigenvalue weighted by molar-refractivity contribution is 0.140. The van der Waals surface area contributed by atoms with Gasteiger partial charge in [0, 0.05) is 20.0 Å². The summed E-state index contributed by atoms with van der Waals surface area (Å²) < 4.78 is 7.83. The van der Waals surface area contributed by atoms with Gasteiger partial charge in [0.25, 0.3) is 0 Å². The summed E-state index contributed by atoms with van der Waals surface area (Å²) in [6, 6.07) is 17.8. The second-order valence-corrected chi connectivity index (χ2v) is 6.74. The first-order valence-corrected chi connectivity index (χ1v) is 8.88. The predicted octanol–water partition coefficient (Wildman–Crippen LogP) is 3.27. The minimum absolute atomic E-state index is 0.0737. The van der Waals surface area contributed by atoms with Crippen molar-refractivity contribution in [3.63, 3.8) is 0 Å². The molecule has 1 heterocycles. The SMILES string of the molecule is Cc1nn(C)c(Oc2ccccc2)c1CN[C@@H]1c2ccccc2C[C@@H]1O. The number of nitrogens with one attached hydrogen (secondary N) is 1. The van der Waals surface area contributed by atoms with Gasteiger partial charge in [-0.3, -0.25) is 0 Å². The highest BCUT2D eigenvalue weighted by Crippen LogP contribution is 2.33. The van der Waals surface area contributed by atoms with Crippen LogP contribution < -0.4 is 10.1 Å². The molecular formula is C21H23N3O2. The third-order valence-electron chi connectivity index (χ3n) is 4.95. The molecule has 0 fully saturated rings. The molecule has 0 spiro atoms. The number of rotatable bonds is 5. The zero-order chi connectivity index (χ0) is 18.1. The van der Waals surface area contributed by atoms with E-state index in [0.29, 0.717) is 13.0 Å². The molecule has 0 unspecified atom stereocenters. The van der Waals surface area contributed by atoms with E-state index < -0.39 is 6.10 Å². The van der Waals surface area contributed by atoms with Gasteiger partial charge in [-0.05, 0) is 30.2 Å². The summed E-state index contributed by atoms with van der Waals surface area (Å²) in [5, 5.41) is 18.5. The van der Waals surface area contributed by atoms with Crippen LogP contribution in [0.25, 0.3) is 0 Å². The Bertz CT molecular complexity index is 905. The van der Waals surface area contributed by atoms with Gasteiger partial charge in [-0.15, -0.1) is 0 Å². The zero-order valence-corrected chi connectivity index (χ0v) is 15.0. The molecule has 1 aromatic heterocycles. The lowest BCUT2D eigenvalue weighted by atomic mass is 10.1. The van der Waals surface area contributed by atoms with Crippen LogP contribution in [0.3, 0.4) is 0 Å². The first kappa shape index (κ1) is 16.8. The van der Waals surface area contributed by atoms with Crippen LogP contribution >= 0.6 is 0 Å². The Hall–Kier alpha value is -2.63. The monoisotopic (exact) mass is 349 g/mol. The van der Waals surface area contributed by atoms with Crippen LogP contribution in [0.15, 0.2) is 54.6 Å². The maximum Gasteiger partial charge on any atom is 0.222 e. The van der Waals surface area contributed by atoms with E-state index in [1.807, 2.05) is 56.4 Å². The number of para-hydroxylation sites is 1. The highest BCUT2D eigenvalue weighted by atomic mass is 16.5. The molecule has 0 aliphatic heterocycles. The summed E-state index contributed by atoms with van der Waals surface area (Å²) in [4.78, 5) is 0. The fourth-order valence-electron chi connectivity index (χ4n) is 3.64. The van der Waals surface area contributed by atoms with Gasteiger partial charge < -0.3 is 15.2 Å². The number of aliphatic hydroxyl groups excluding tert-OH is 1. The fraction of sp³-hybridized carbons (Fsp3) is 0.286. The van der Waals surface area contributed by atoms with E-state index in [2.05, 4.69) is 22.5 Å². The molecule has 0 amide bonds. The van der Waals surface area contributed by atoms with Gasteiger partial charge in [-0.1, -0.05) is 42.5 Å². The molecule has 0 saturated heterocycles. The molecule has 1 aliphatic carbocycles. The summed E-state index contributed by atoms with van der Waals surface area (Å²) in [6.07, 6.45) is 0.274. The Morgan fingerprint density at radius 1 is 1.15 bits per heavy atom. The number of aryl methyl sites for hydroxylation is 2. The maximum absolute atomic E-state index is 10.5. The molecule has 26 heavy (non-hydrogen) atoms. The number of benzene rings is 2. The third-order valence-corrected chi connectivity index (χ3v) is 4.95. The van der Waals surface area contributed by atoms with Gasteiger partial charge in [-0.2, -0.15) is 5.10 Å². The molecule has 0 bridgehead atoms. The van der Waals surface area contributed by atoms with Crippen molar-refractivity contribution in [1.82, 2.24) is 15.1 Å². The highest BCUT2D eigenvalue weighted by molar-refractivity contribution is 5.38. The van der Waals surface area contributed by atoms with Crippen molar-refractivity contribution < 1.29 is 9.84 Å². The quantitative estimate of drug-likeness (QED) is 0.742. The predicted molar refractivity (Wildman–Crippen MR) is 100 cm³/mol. The summed E-state index contributed by atoms with van der Waals surface area (Å²) in [5.41, 5.74) is 4.31. The Morgan fingerprint density at radius 2 is 1.88 bits per heavy atom. The zero-order valence-electron chi connectivity index (χ0n) is 15.0. The number of ether oxygens (including phenoxy) is 1. The van der Waals surface area contributed by atoms with Gasteiger partial charge in [-0.25, -0.2) is 4.68 Å². The fourth-order valence-corrected chi connectivity index (χ4v) is 3.64. The summed E-state index contributed by atoms with van der Waals surface area (Å²) in [6.45, 7) is 2.56. The average molecular weight is 349 g/mol. The van der Waals surface area contributed by atoms with Crippen molar-refractivity contribution in [3.8, 4) is 11.6 Å². The van der Waals surface area contributed by atoms with E-state index in [-0.39, 0.29) is 6.04 Å². The molecule has 2 atom stereocenters. The minimum Gasteiger partial charge on any atom is -0.439 e. The first-order valence-electron chi connectivity index (χ1n) is 8.88. The second-order valence-electron chi connectivity index (χ2n) is 6.74. The molecule has 2 N–H and O–H groups in total. The average Bonchev–Trinajstić information content (AvgIpc) is 3.10. The lowest BCUT2D eigenvalue weighted by Crippen LogP contribution is -2.28. The number of nitrogens with zero attached hydrogens (tertiary/aromatic N) is 2. The van der Waals surface area contributed by atoms with Gasteiger partial charge in [0.1, 0.15) is 5.75 Å². The second kappa shape index (κ2) is 6.94. The Kier molecular flexibility index (Phi) is 4.49. The van der Waals surface area contributed by atoms with E-state index in [1.54, 1.807) is 4.68 Å². The van der Waals surface area contributed by atoms with Gasteiger partial charge in [0.15, 0.2) is 0 Å². The largest absolute Gasteiger partial charge is 0.439 e. The van der Waals surface area contributed by atoms with Crippen LogP contribution in [0.5, 0.6) is 11.6 Å². The number of hydrogen-bond acceptors (Lipinski definition) is 4. The molecule has 3 aromatic rings. The normalized spacial score (nSPS) is 18.7. The smallest absolute Gasteiger partial charge is 0.222 e. The number of hydrogen-bond donors (Lipinski definition) is 2.